The van der Waals surface area contributed by atoms with Gasteiger partial charge in [-0.3, -0.25) is 9.59 Å². The number of ether oxygens (including phenoxy) is 2. The Morgan fingerprint density at radius 3 is 1.33 bits per heavy atom. The lowest BCUT2D eigenvalue weighted by molar-refractivity contribution is -0.146. The van der Waals surface area contributed by atoms with Gasteiger partial charge in [-0.15, -0.1) is 0 Å². The van der Waals surface area contributed by atoms with Gasteiger partial charge in [-0.2, -0.15) is 0 Å². The molecular weight excluding hydrogens is 524 g/mol. The van der Waals surface area contributed by atoms with Gasteiger partial charge in [0.05, 0.1) is 0 Å². The van der Waals surface area contributed by atoms with Crippen LogP contribution in [0.25, 0.3) is 11.1 Å². The first-order valence-corrected chi connectivity index (χ1v) is 16.3. The van der Waals surface area contributed by atoms with Crippen LogP contribution in [0.15, 0.2) is 48.5 Å². The van der Waals surface area contributed by atoms with Gasteiger partial charge in [-0.05, 0) is 88.2 Å². The lowest BCUT2D eigenvalue weighted by Crippen LogP contribution is -2.21. The Labute approximate surface area is 255 Å². The van der Waals surface area contributed by atoms with Gasteiger partial charge in [0, 0.05) is 12.8 Å². The second kappa shape index (κ2) is 21.9. The van der Waals surface area contributed by atoms with E-state index in [1.807, 2.05) is 48.5 Å². The molecule has 2 rings (SSSR count). The van der Waals surface area contributed by atoms with Gasteiger partial charge in [-0.1, -0.05) is 101 Å². The van der Waals surface area contributed by atoms with Crippen molar-refractivity contribution >= 4 is 11.9 Å². The number of hydrogen-bond acceptors (Lipinski definition) is 6. The fraction of sp³-hybridized carbons (Fsp3) is 0.611. The van der Waals surface area contributed by atoms with Crippen LogP contribution in [0.3, 0.4) is 0 Å². The molecule has 0 N–H and O–H groups in total. The molecule has 0 aliphatic rings. The van der Waals surface area contributed by atoms with E-state index in [0.29, 0.717) is 12.8 Å². The van der Waals surface area contributed by atoms with E-state index in [0.717, 1.165) is 61.3 Å². The molecule has 2 aromatic carbocycles. The predicted octanol–water partition coefficient (Wildman–Crippen LogP) is 8.02. The highest BCUT2D eigenvalue weighted by Crippen LogP contribution is 2.28. The quantitative estimate of drug-likeness (QED) is 0.0980. The Kier molecular flexibility index (Phi) is 18.5. The van der Waals surface area contributed by atoms with E-state index >= 15 is 0 Å². The van der Waals surface area contributed by atoms with E-state index in [1.165, 1.54) is 51.4 Å². The molecule has 42 heavy (non-hydrogen) atoms. The SMILES string of the molecule is CCCCCCN(C)CCCC(=O)OCc1ccccc1-c1ccccc1COC(=O)CCCN(C)CCCCCC. The van der Waals surface area contributed by atoms with Crippen molar-refractivity contribution in [2.24, 2.45) is 0 Å². The first-order chi connectivity index (χ1) is 20.4. The van der Waals surface area contributed by atoms with Crippen molar-refractivity contribution in [3.8, 4) is 11.1 Å². The Hall–Kier alpha value is -2.70. The Bertz CT molecular complexity index is 943. The minimum atomic E-state index is -0.169. The summed E-state index contributed by atoms with van der Waals surface area (Å²) in [4.78, 5) is 29.6. The van der Waals surface area contributed by atoms with Crippen LogP contribution in [-0.4, -0.2) is 62.0 Å². The molecule has 0 aliphatic carbocycles. The highest BCUT2D eigenvalue weighted by atomic mass is 16.5. The van der Waals surface area contributed by atoms with Gasteiger partial charge in [0.25, 0.3) is 0 Å². The van der Waals surface area contributed by atoms with E-state index in [2.05, 4.69) is 37.7 Å². The summed E-state index contributed by atoms with van der Waals surface area (Å²) in [7, 11) is 4.24. The molecule has 6 heteroatoms. The molecule has 0 saturated carbocycles. The third-order valence-electron chi connectivity index (χ3n) is 7.73. The molecule has 0 aromatic heterocycles. The molecule has 0 radical (unpaired) electrons. The van der Waals surface area contributed by atoms with Crippen LogP contribution in [0.2, 0.25) is 0 Å². The van der Waals surface area contributed by atoms with Crippen LogP contribution in [-0.2, 0) is 32.3 Å². The van der Waals surface area contributed by atoms with Crippen LogP contribution in [0.5, 0.6) is 0 Å². The van der Waals surface area contributed by atoms with Crippen LogP contribution >= 0.6 is 0 Å². The molecule has 2 aromatic rings. The zero-order valence-electron chi connectivity index (χ0n) is 26.9. The summed E-state index contributed by atoms with van der Waals surface area (Å²) in [5, 5.41) is 0. The fourth-order valence-electron chi connectivity index (χ4n) is 5.11. The summed E-state index contributed by atoms with van der Waals surface area (Å²) in [6, 6.07) is 16.0. The van der Waals surface area contributed by atoms with E-state index in [4.69, 9.17) is 9.47 Å². The highest BCUT2D eigenvalue weighted by Gasteiger charge is 2.13. The van der Waals surface area contributed by atoms with Crippen LogP contribution < -0.4 is 0 Å². The van der Waals surface area contributed by atoms with Crippen molar-refractivity contribution in [2.75, 3.05) is 40.3 Å². The van der Waals surface area contributed by atoms with Crippen LogP contribution in [0, 0.1) is 0 Å². The van der Waals surface area contributed by atoms with Gasteiger partial charge in [0.15, 0.2) is 0 Å². The third kappa shape index (κ3) is 15.0. The molecular formula is C36H56N2O4. The lowest BCUT2D eigenvalue weighted by atomic mass is 9.96. The Balaban J connectivity index is 1.81. The maximum Gasteiger partial charge on any atom is 0.306 e. The smallest absolute Gasteiger partial charge is 0.306 e. The average molecular weight is 581 g/mol. The molecule has 0 fully saturated rings. The number of unbranched alkanes of at least 4 members (excludes halogenated alkanes) is 6. The monoisotopic (exact) mass is 580 g/mol. The molecule has 0 bridgehead atoms. The maximum absolute atomic E-state index is 12.5. The number of rotatable bonds is 23. The summed E-state index contributed by atoms with van der Waals surface area (Å²) >= 11 is 0. The summed E-state index contributed by atoms with van der Waals surface area (Å²) in [6.07, 6.45) is 12.5. The van der Waals surface area contributed by atoms with E-state index in [1.54, 1.807) is 0 Å². The molecule has 0 unspecified atom stereocenters. The first-order valence-electron chi connectivity index (χ1n) is 16.3. The van der Waals surface area contributed by atoms with E-state index in [9.17, 15) is 9.59 Å². The topological polar surface area (TPSA) is 59.1 Å². The number of carbonyl (C=O) groups excluding carboxylic acids is 2. The van der Waals surface area contributed by atoms with Gasteiger partial charge < -0.3 is 19.3 Å². The number of carbonyl (C=O) groups is 2. The molecule has 0 atom stereocenters. The molecule has 0 saturated heterocycles. The summed E-state index contributed by atoms with van der Waals surface area (Å²) in [5.41, 5.74) is 3.88. The van der Waals surface area contributed by atoms with Crippen LogP contribution in [0.1, 0.15) is 102 Å². The number of esters is 2. The summed E-state index contributed by atoms with van der Waals surface area (Å²) in [6.45, 7) is 8.86. The minimum Gasteiger partial charge on any atom is -0.461 e. The average Bonchev–Trinajstić information content (AvgIpc) is 3.00. The van der Waals surface area contributed by atoms with Crippen LogP contribution in [0.4, 0.5) is 0 Å². The molecule has 0 aliphatic heterocycles. The van der Waals surface area contributed by atoms with Gasteiger partial charge in [0.2, 0.25) is 0 Å². The predicted molar refractivity (Wildman–Crippen MR) is 173 cm³/mol. The van der Waals surface area contributed by atoms with Crippen molar-refractivity contribution < 1.29 is 19.1 Å². The second-order valence-corrected chi connectivity index (χ2v) is 11.6. The van der Waals surface area contributed by atoms with E-state index in [-0.39, 0.29) is 25.2 Å². The van der Waals surface area contributed by atoms with E-state index < -0.39 is 0 Å². The Morgan fingerprint density at radius 1 is 0.548 bits per heavy atom. The second-order valence-electron chi connectivity index (χ2n) is 11.6. The molecule has 0 amide bonds. The fourth-order valence-corrected chi connectivity index (χ4v) is 5.11. The normalized spacial score (nSPS) is 11.3. The molecule has 234 valence electrons. The van der Waals surface area contributed by atoms with Crippen molar-refractivity contribution in [1.29, 1.82) is 0 Å². The van der Waals surface area contributed by atoms with Gasteiger partial charge in [-0.25, -0.2) is 0 Å². The summed E-state index contributed by atoms with van der Waals surface area (Å²) < 4.78 is 11.4. The number of hydrogen-bond donors (Lipinski definition) is 0. The number of benzene rings is 2. The van der Waals surface area contributed by atoms with Gasteiger partial charge >= 0.3 is 11.9 Å². The van der Waals surface area contributed by atoms with Crippen molar-refractivity contribution in [1.82, 2.24) is 9.80 Å². The van der Waals surface area contributed by atoms with Crippen molar-refractivity contribution in [2.45, 2.75) is 104 Å². The standard InChI is InChI=1S/C36H56N2O4/c1-5-7-9-15-25-37(3)27-17-23-35(39)41-29-31-19-11-13-21-33(31)34-22-14-12-20-32(34)30-42-36(40)24-18-28-38(4)26-16-10-8-6-2/h11-14,19-22H,5-10,15-18,23-30H2,1-4H3. The minimum absolute atomic E-state index is 0.169. The summed E-state index contributed by atoms with van der Waals surface area (Å²) in [5.74, 6) is -0.337. The zero-order chi connectivity index (χ0) is 30.4. The highest BCUT2D eigenvalue weighted by molar-refractivity contribution is 5.73. The van der Waals surface area contributed by atoms with Crippen molar-refractivity contribution in [3.63, 3.8) is 0 Å². The number of nitrogens with zero attached hydrogens (tertiary/aromatic N) is 2. The lowest BCUT2D eigenvalue weighted by Gasteiger charge is -2.17. The van der Waals surface area contributed by atoms with Gasteiger partial charge in [0.1, 0.15) is 13.2 Å². The third-order valence-corrected chi connectivity index (χ3v) is 7.73. The molecule has 0 spiro atoms. The zero-order valence-corrected chi connectivity index (χ0v) is 26.9. The Morgan fingerprint density at radius 2 is 0.929 bits per heavy atom. The maximum atomic E-state index is 12.5. The molecule has 0 heterocycles. The largest absolute Gasteiger partial charge is 0.461 e. The first kappa shape index (κ1) is 35.5. The van der Waals surface area contributed by atoms with Crippen molar-refractivity contribution in [3.05, 3.63) is 59.7 Å². The molecule has 6 nitrogen and oxygen atoms in total.